The van der Waals surface area contributed by atoms with Crippen molar-refractivity contribution in [3.05, 3.63) is 90.0 Å². The van der Waals surface area contributed by atoms with E-state index in [1.807, 2.05) is 78.9 Å². The number of ether oxygens (including phenoxy) is 2. The summed E-state index contributed by atoms with van der Waals surface area (Å²) in [5.74, 6) is 1.13. The van der Waals surface area contributed by atoms with Crippen LogP contribution in [0.2, 0.25) is 0 Å². The average Bonchev–Trinajstić information content (AvgIpc) is 2.86. The van der Waals surface area contributed by atoms with Gasteiger partial charge in [-0.1, -0.05) is 55.5 Å². The Hall–Kier alpha value is -3.86. The number of carbonyl (C=O) groups excluding carboxylic acids is 1. The van der Waals surface area contributed by atoms with Crippen LogP contribution >= 0.6 is 0 Å². The monoisotopic (exact) mass is 426 g/mol. The maximum atomic E-state index is 13.4. The van der Waals surface area contributed by atoms with Crippen LogP contribution in [0.5, 0.6) is 11.5 Å². The lowest BCUT2D eigenvalue weighted by Crippen LogP contribution is -2.28. The van der Waals surface area contributed by atoms with E-state index >= 15 is 0 Å². The number of nitrogens with one attached hydrogen (secondary N) is 1. The molecule has 162 valence electrons. The number of hydrogen-bond acceptors (Lipinski definition) is 4. The van der Waals surface area contributed by atoms with Gasteiger partial charge >= 0.3 is 0 Å². The van der Waals surface area contributed by atoms with Crippen molar-refractivity contribution in [3.8, 4) is 22.8 Å². The molecule has 1 N–H and O–H groups in total. The molecule has 5 heteroatoms. The van der Waals surface area contributed by atoms with Gasteiger partial charge in [-0.3, -0.25) is 4.79 Å². The van der Waals surface area contributed by atoms with Crippen molar-refractivity contribution in [2.24, 2.45) is 0 Å². The topological polar surface area (TPSA) is 60.5 Å². The molecule has 1 aromatic heterocycles. The zero-order valence-electron chi connectivity index (χ0n) is 18.5. The highest BCUT2D eigenvalue weighted by molar-refractivity contribution is 6.07. The third-order valence-corrected chi connectivity index (χ3v) is 5.56. The Morgan fingerprint density at radius 1 is 0.906 bits per heavy atom. The molecule has 0 fully saturated rings. The Labute approximate surface area is 188 Å². The zero-order valence-corrected chi connectivity index (χ0v) is 18.5. The van der Waals surface area contributed by atoms with Crippen molar-refractivity contribution in [1.82, 2.24) is 10.3 Å². The van der Waals surface area contributed by atoms with Crippen LogP contribution in [0.1, 0.15) is 35.3 Å². The van der Waals surface area contributed by atoms with Gasteiger partial charge in [-0.15, -0.1) is 0 Å². The lowest BCUT2D eigenvalue weighted by atomic mass is 10.0. The molecule has 0 radical (unpaired) electrons. The van der Waals surface area contributed by atoms with E-state index in [0.717, 1.165) is 28.5 Å². The average molecular weight is 427 g/mol. The molecule has 1 heterocycles. The number of para-hydroxylation sites is 1. The zero-order chi connectivity index (χ0) is 22.5. The number of rotatable bonds is 7. The summed E-state index contributed by atoms with van der Waals surface area (Å²) < 4.78 is 10.8. The lowest BCUT2D eigenvalue weighted by molar-refractivity contribution is 0.0937. The Balaban J connectivity index is 1.77. The second-order valence-electron chi connectivity index (χ2n) is 7.49. The van der Waals surface area contributed by atoms with Crippen LogP contribution in [0.4, 0.5) is 0 Å². The van der Waals surface area contributed by atoms with E-state index in [-0.39, 0.29) is 11.9 Å². The molecular formula is C27H26N2O3. The smallest absolute Gasteiger partial charge is 0.252 e. The fourth-order valence-corrected chi connectivity index (χ4v) is 3.85. The first-order valence-electron chi connectivity index (χ1n) is 10.6. The van der Waals surface area contributed by atoms with E-state index in [4.69, 9.17) is 14.5 Å². The second-order valence-corrected chi connectivity index (χ2v) is 7.49. The summed E-state index contributed by atoms with van der Waals surface area (Å²) in [6.07, 6.45) is 0.793. The van der Waals surface area contributed by atoms with Crippen LogP contribution in [0, 0.1) is 0 Å². The molecule has 0 saturated carbocycles. The number of aromatic nitrogens is 1. The first kappa shape index (κ1) is 21.4. The van der Waals surface area contributed by atoms with E-state index in [1.54, 1.807) is 14.2 Å². The van der Waals surface area contributed by atoms with Crippen LogP contribution in [0.25, 0.3) is 22.2 Å². The Morgan fingerprint density at radius 3 is 2.34 bits per heavy atom. The maximum Gasteiger partial charge on any atom is 0.252 e. The van der Waals surface area contributed by atoms with Gasteiger partial charge < -0.3 is 14.8 Å². The summed E-state index contributed by atoms with van der Waals surface area (Å²) in [4.78, 5) is 18.2. The molecule has 0 aliphatic carbocycles. The van der Waals surface area contributed by atoms with Gasteiger partial charge in [-0.05, 0) is 42.3 Å². The molecule has 0 bridgehead atoms. The fourth-order valence-electron chi connectivity index (χ4n) is 3.85. The predicted molar refractivity (Wildman–Crippen MR) is 127 cm³/mol. The number of amides is 1. The summed E-state index contributed by atoms with van der Waals surface area (Å²) in [5.41, 5.74) is 3.98. The van der Waals surface area contributed by atoms with Crippen LogP contribution in [-0.2, 0) is 0 Å². The second kappa shape index (κ2) is 9.52. The number of carbonyl (C=O) groups is 1. The van der Waals surface area contributed by atoms with Gasteiger partial charge in [0.2, 0.25) is 0 Å². The van der Waals surface area contributed by atoms with Crippen molar-refractivity contribution >= 4 is 16.8 Å². The number of fused-ring (bicyclic) bond motifs is 1. The molecule has 0 aliphatic heterocycles. The minimum Gasteiger partial charge on any atom is -0.493 e. The molecule has 32 heavy (non-hydrogen) atoms. The van der Waals surface area contributed by atoms with Gasteiger partial charge in [0, 0.05) is 10.9 Å². The summed E-state index contributed by atoms with van der Waals surface area (Å²) in [6.45, 7) is 2.07. The number of methoxy groups -OCH3 is 2. The molecule has 5 nitrogen and oxygen atoms in total. The van der Waals surface area contributed by atoms with Crippen molar-refractivity contribution in [1.29, 1.82) is 0 Å². The van der Waals surface area contributed by atoms with Gasteiger partial charge in [-0.2, -0.15) is 0 Å². The largest absolute Gasteiger partial charge is 0.493 e. The van der Waals surface area contributed by atoms with E-state index in [9.17, 15) is 4.79 Å². The third kappa shape index (κ3) is 4.28. The maximum absolute atomic E-state index is 13.4. The van der Waals surface area contributed by atoms with Crippen LogP contribution in [0.3, 0.4) is 0 Å². The molecule has 3 aromatic carbocycles. The minimum absolute atomic E-state index is 0.0693. The highest BCUT2D eigenvalue weighted by Crippen LogP contribution is 2.33. The molecule has 1 amide bonds. The fraction of sp³-hybridized carbons (Fsp3) is 0.185. The first-order chi connectivity index (χ1) is 15.6. The molecule has 0 aliphatic rings. The highest BCUT2D eigenvalue weighted by atomic mass is 16.5. The van der Waals surface area contributed by atoms with Crippen molar-refractivity contribution in [2.75, 3.05) is 14.2 Å². The quantitative estimate of drug-likeness (QED) is 0.406. The Morgan fingerprint density at radius 2 is 1.62 bits per heavy atom. The first-order valence-corrected chi connectivity index (χ1v) is 10.6. The van der Waals surface area contributed by atoms with Gasteiger partial charge in [0.05, 0.1) is 37.0 Å². The SMILES string of the molecule is CC[C@H](NC(=O)c1cc(-c2ccc(OC)c(OC)c2)nc2ccccc12)c1ccccc1. The molecule has 1 atom stereocenters. The lowest BCUT2D eigenvalue weighted by Gasteiger charge is -2.18. The normalized spacial score (nSPS) is 11.7. The van der Waals surface area contributed by atoms with Crippen molar-refractivity contribution in [3.63, 3.8) is 0 Å². The Kier molecular flexibility index (Phi) is 6.36. The van der Waals surface area contributed by atoms with Crippen LogP contribution < -0.4 is 14.8 Å². The van der Waals surface area contributed by atoms with Crippen LogP contribution in [0.15, 0.2) is 78.9 Å². The van der Waals surface area contributed by atoms with E-state index in [0.29, 0.717) is 22.8 Å². The number of benzene rings is 3. The van der Waals surface area contributed by atoms with Crippen molar-refractivity contribution in [2.45, 2.75) is 19.4 Å². The summed E-state index contributed by atoms with van der Waals surface area (Å²) in [6, 6.07) is 25.1. The molecular weight excluding hydrogens is 400 g/mol. The van der Waals surface area contributed by atoms with Crippen molar-refractivity contribution < 1.29 is 14.3 Å². The molecule has 0 spiro atoms. The van der Waals surface area contributed by atoms with E-state index in [2.05, 4.69) is 12.2 Å². The summed E-state index contributed by atoms with van der Waals surface area (Å²) in [5, 5.41) is 4.02. The van der Waals surface area contributed by atoms with Crippen LogP contribution in [-0.4, -0.2) is 25.1 Å². The molecule has 0 unspecified atom stereocenters. The van der Waals surface area contributed by atoms with Gasteiger partial charge in [0.25, 0.3) is 5.91 Å². The third-order valence-electron chi connectivity index (χ3n) is 5.56. The van der Waals surface area contributed by atoms with E-state index < -0.39 is 0 Å². The van der Waals surface area contributed by atoms with E-state index in [1.165, 1.54) is 0 Å². The number of pyridine rings is 1. The molecule has 0 saturated heterocycles. The predicted octanol–water partition coefficient (Wildman–Crippen LogP) is 5.80. The van der Waals surface area contributed by atoms with Gasteiger partial charge in [0.15, 0.2) is 11.5 Å². The number of hydrogen-bond donors (Lipinski definition) is 1. The minimum atomic E-state index is -0.124. The summed E-state index contributed by atoms with van der Waals surface area (Å²) >= 11 is 0. The molecule has 4 aromatic rings. The standard InChI is InChI=1S/C27H26N2O3/c1-4-22(18-10-6-5-7-11-18)29-27(30)21-17-24(28-23-13-9-8-12-20(21)23)19-14-15-25(31-2)26(16-19)32-3/h5-17,22H,4H2,1-3H3,(H,29,30)/t22-/m0/s1. The Bertz CT molecular complexity index is 1240. The molecule has 4 rings (SSSR count). The number of nitrogens with zero attached hydrogens (tertiary/aromatic N) is 1. The van der Waals surface area contributed by atoms with Gasteiger partial charge in [0.1, 0.15) is 0 Å². The summed E-state index contributed by atoms with van der Waals surface area (Å²) in [7, 11) is 3.20. The highest BCUT2D eigenvalue weighted by Gasteiger charge is 2.18. The van der Waals surface area contributed by atoms with Gasteiger partial charge in [-0.25, -0.2) is 4.98 Å².